The van der Waals surface area contributed by atoms with Gasteiger partial charge in [-0.15, -0.1) is 0 Å². The quantitative estimate of drug-likeness (QED) is 0.318. The van der Waals surface area contributed by atoms with Crippen molar-refractivity contribution >= 4 is 10.9 Å². The number of oxazole rings is 1. The third-order valence-corrected chi connectivity index (χ3v) is 4.93. The molecule has 0 amide bonds. The molecular formula is C24H25FN4O2. The highest BCUT2D eigenvalue weighted by atomic mass is 19.1. The second-order valence-electron chi connectivity index (χ2n) is 7.26. The topological polar surface area (TPSA) is 89.1 Å². The number of hydrogen-bond acceptors (Lipinski definition) is 5. The van der Waals surface area contributed by atoms with Gasteiger partial charge in [0.05, 0.1) is 0 Å². The molecule has 0 saturated carbocycles. The van der Waals surface area contributed by atoms with Gasteiger partial charge in [-0.2, -0.15) is 0 Å². The second kappa shape index (κ2) is 9.84. The number of aryl methyl sites for hydroxylation is 1. The molecule has 0 aliphatic carbocycles. The largest absolute Gasteiger partial charge is 0.487 e. The Hall–Kier alpha value is -3.74. The minimum Gasteiger partial charge on any atom is -0.487 e. The van der Waals surface area contributed by atoms with Crippen molar-refractivity contribution in [2.75, 3.05) is 6.54 Å². The maximum absolute atomic E-state index is 13.4. The molecule has 6 nitrogen and oxygen atoms in total. The number of ether oxygens (including phenoxy) is 1. The van der Waals surface area contributed by atoms with Crippen molar-refractivity contribution in [1.29, 1.82) is 0 Å². The zero-order chi connectivity index (χ0) is 21.5. The number of halogens is 1. The van der Waals surface area contributed by atoms with Gasteiger partial charge in [0.15, 0.2) is 0 Å². The number of nitrogens with one attached hydrogen (secondary N) is 2. The minimum absolute atomic E-state index is 0.275. The molecule has 2 heterocycles. The fourth-order valence-electron chi connectivity index (χ4n) is 3.33. The fourth-order valence-corrected chi connectivity index (χ4v) is 3.33. The molecular weight excluding hydrogens is 395 g/mol. The van der Waals surface area contributed by atoms with Crippen molar-refractivity contribution in [3.05, 3.63) is 84.3 Å². The minimum atomic E-state index is -0.275. The van der Waals surface area contributed by atoms with Crippen LogP contribution in [0.4, 0.5) is 4.39 Å². The number of hydrogen-bond donors (Lipinski definition) is 3. The van der Waals surface area contributed by atoms with E-state index in [4.69, 9.17) is 14.9 Å². The summed E-state index contributed by atoms with van der Waals surface area (Å²) in [5.74, 6) is 0.952. The summed E-state index contributed by atoms with van der Waals surface area (Å²) in [6.07, 6.45) is 8.04. The van der Waals surface area contributed by atoms with E-state index in [-0.39, 0.29) is 5.82 Å². The van der Waals surface area contributed by atoms with Gasteiger partial charge in [0.2, 0.25) is 5.89 Å². The van der Waals surface area contributed by atoms with Gasteiger partial charge in [0, 0.05) is 29.8 Å². The smallest absolute Gasteiger partial charge is 0.243 e. The summed E-state index contributed by atoms with van der Waals surface area (Å²) in [5.41, 5.74) is 8.77. The number of aromatic amines is 1. The van der Waals surface area contributed by atoms with Crippen LogP contribution in [0.2, 0.25) is 0 Å². The predicted molar refractivity (Wildman–Crippen MR) is 119 cm³/mol. The van der Waals surface area contributed by atoms with E-state index in [1.165, 1.54) is 23.9 Å². The van der Waals surface area contributed by atoms with E-state index in [9.17, 15) is 4.39 Å². The summed E-state index contributed by atoms with van der Waals surface area (Å²) in [5, 5.41) is 3.90. The number of aromatic nitrogens is 2. The molecule has 4 rings (SSSR count). The first-order chi connectivity index (χ1) is 15.2. The van der Waals surface area contributed by atoms with Crippen LogP contribution in [0.5, 0.6) is 5.75 Å². The Labute approximate surface area is 179 Å². The van der Waals surface area contributed by atoms with Crippen molar-refractivity contribution in [2.45, 2.75) is 25.9 Å². The molecule has 0 bridgehead atoms. The van der Waals surface area contributed by atoms with Crippen LogP contribution in [-0.4, -0.2) is 16.5 Å². The Balaban J connectivity index is 1.28. The second-order valence-corrected chi connectivity index (χ2v) is 7.26. The van der Waals surface area contributed by atoms with Crippen LogP contribution in [0.25, 0.3) is 22.5 Å². The van der Waals surface area contributed by atoms with Crippen molar-refractivity contribution < 1.29 is 13.5 Å². The van der Waals surface area contributed by atoms with Crippen molar-refractivity contribution in [2.24, 2.45) is 5.73 Å². The van der Waals surface area contributed by atoms with Crippen LogP contribution in [0.15, 0.2) is 71.6 Å². The summed E-state index contributed by atoms with van der Waals surface area (Å²) in [7, 11) is 0. The highest BCUT2D eigenvalue weighted by Crippen LogP contribution is 2.24. The summed E-state index contributed by atoms with van der Waals surface area (Å²) in [6, 6.07) is 14.5. The van der Waals surface area contributed by atoms with Crippen LogP contribution in [-0.2, 0) is 13.0 Å². The lowest BCUT2D eigenvalue weighted by Crippen LogP contribution is -2.07. The van der Waals surface area contributed by atoms with E-state index in [0.29, 0.717) is 23.9 Å². The summed E-state index contributed by atoms with van der Waals surface area (Å²) in [6.45, 7) is 1.22. The monoisotopic (exact) mass is 420 g/mol. The number of H-pyrrole nitrogens is 1. The van der Waals surface area contributed by atoms with E-state index in [1.807, 2.05) is 18.2 Å². The first kappa shape index (κ1) is 20.5. The maximum atomic E-state index is 13.4. The zero-order valence-corrected chi connectivity index (χ0v) is 17.1. The average molecular weight is 420 g/mol. The number of benzene rings is 2. The van der Waals surface area contributed by atoms with Crippen molar-refractivity contribution in [3.8, 4) is 17.3 Å². The normalized spacial score (nSPS) is 11.4. The molecule has 0 radical (unpaired) electrons. The van der Waals surface area contributed by atoms with E-state index >= 15 is 0 Å². The van der Waals surface area contributed by atoms with E-state index in [2.05, 4.69) is 27.4 Å². The molecule has 2 aromatic carbocycles. The molecule has 0 aliphatic heterocycles. The third-order valence-electron chi connectivity index (χ3n) is 4.93. The Morgan fingerprint density at radius 2 is 2.00 bits per heavy atom. The standard InChI is InChI=1S/C24H25FN4O2/c25-19-6-9-22-18(13-19)14-23(29-22)24-28-20(16-31-24)15-30-21-7-4-17(5-8-21)3-1-2-11-27-12-10-26/h4-10,12-14,16,27,29H,1-3,11,15,26H2/b12-10-. The molecule has 0 aliphatic rings. The average Bonchev–Trinajstić information content (AvgIpc) is 3.42. The Bertz CT molecular complexity index is 1150. The number of unbranched alkanes of at least 4 members (excludes halogenated alkanes) is 1. The molecule has 31 heavy (non-hydrogen) atoms. The number of nitrogens with two attached hydrogens (primary N) is 1. The molecule has 4 aromatic rings. The molecule has 0 unspecified atom stereocenters. The van der Waals surface area contributed by atoms with Crippen LogP contribution < -0.4 is 15.8 Å². The van der Waals surface area contributed by atoms with Gasteiger partial charge < -0.3 is 25.2 Å². The lowest BCUT2D eigenvalue weighted by atomic mass is 10.1. The Morgan fingerprint density at radius 3 is 2.84 bits per heavy atom. The fraction of sp³-hybridized carbons (Fsp3) is 0.208. The summed E-state index contributed by atoms with van der Waals surface area (Å²) in [4.78, 5) is 7.65. The van der Waals surface area contributed by atoms with Crippen LogP contribution >= 0.6 is 0 Å². The molecule has 0 atom stereocenters. The number of rotatable bonds is 10. The molecule has 160 valence electrons. The highest BCUT2D eigenvalue weighted by Gasteiger charge is 2.11. The third kappa shape index (κ3) is 5.45. The van der Waals surface area contributed by atoms with E-state index in [0.717, 1.165) is 42.5 Å². The number of fused-ring (bicyclic) bond motifs is 1. The zero-order valence-electron chi connectivity index (χ0n) is 17.1. The van der Waals surface area contributed by atoms with E-state index < -0.39 is 0 Å². The van der Waals surface area contributed by atoms with Crippen LogP contribution in [0.1, 0.15) is 24.1 Å². The summed E-state index contributed by atoms with van der Waals surface area (Å²) < 4.78 is 24.8. The van der Waals surface area contributed by atoms with Crippen LogP contribution in [0, 0.1) is 5.82 Å². The van der Waals surface area contributed by atoms with Gasteiger partial charge in [-0.25, -0.2) is 9.37 Å². The van der Waals surface area contributed by atoms with Gasteiger partial charge in [-0.3, -0.25) is 0 Å². The van der Waals surface area contributed by atoms with Gasteiger partial charge in [0.25, 0.3) is 0 Å². The van der Waals surface area contributed by atoms with Gasteiger partial charge in [-0.05, 0) is 61.2 Å². The Kier molecular flexibility index (Phi) is 6.52. The van der Waals surface area contributed by atoms with Crippen LogP contribution in [0.3, 0.4) is 0 Å². The SMILES string of the molecule is N/C=C\NCCCCc1ccc(OCc2coc(-c3cc4cc(F)ccc4[nH]3)n2)cc1. The van der Waals surface area contributed by atoms with Crippen molar-refractivity contribution in [3.63, 3.8) is 0 Å². The summed E-state index contributed by atoms with van der Waals surface area (Å²) >= 11 is 0. The van der Waals surface area contributed by atoms with Crippen molar-refractivity contribution in [1.82, 2.24) is 15.3 Å². The molecule has 0 spiro atoms. The molecule has 0 saturated heterocycles. The Morgan fingerprint density at radius 1 is 1.13 bits per heavy atom. The van der Waals surface area contributed by atoms with Gasteiger partial charge in [0.1, 0.15) is 35.8 Å². The molecule has 0 fully saturated rings. The molecule has 7 heteroatoms. The van der Waals surface area contributed by atoms with E-state index in [1.54, 1.807) is 18.5 Å². The van der Waals surface area contributed by atoms with Gasteiger partial charge >= 0.3 is 0 Å². The maximum Gasteiger partial charge on any atom is 0.243 e. The predicted octanol–water partition coefficient (Wildman–Crippen LogP) is 4.88. The lowest BCUT2D eigenvalue weighted by molar-refractivity contribution is 0.301. The molecule has 4 N–H and O–H groups in total. The molecule has 2 aromatic heterocycles. The highest BCUT2D eigenvalue weighted by molar-refractivity contribution is 5.84. The number of nitrogens with zero attached hydrogens (tertiary/aromatic N) is 1. The lowest BCUT2D eigenvalue weighted by Gasteiger charge is -2.06. The first-order valence-corrected chi connectivity index (χ1v) is 10.3. The van der Waals surface area contributed by atoms with Gasteiger partial charge in [-0.1, -0.05) is 12.1 Å². The first-order valence-electron chi connectivity index (χ1n) is 10.3.